The monoisotopic (exact) mass is 626 g/mol. The van der Waals surface area contributed by atoms with Crippen LogP contribution in [0.2, 0.25) is 5.04 Å². The average molecular weight is 627 g/mol. The van der Waals surface area contributed by atoms with E-state index in [9.17, 15) is 9.59 Å². The molecule has 2 aliphatic carbocycles. The zero-order valence-electron chi connectivity index (χ0n) is 28.1. The molecule has 2 aliphatic rings. The van der Waals surface area contributed by atoms with Gasteiger partial charge in [0, 0.05) is 6.92 Å². The number of fused-ring (bicyclic) bond motifs is 2. The van der Waals surface area contributed by atoms with Gasteiger partial charge < -0.3 is 14.3 Å². The van der Waals surface area contributed by atoms with E-state index < -0.39 is 8.32 Å². The maximum absolute atomic E-state index is 13.0. The molecular weight excluding hydrogens is 573 g/mol. The van der Waals surface area contributed by atoms with Crippen molar-refractivity contribution in [1.29, 1.82) is 0 Å². The summed E-state index contributed by atoms with van der Waals surface area (Å²) >= 11 is 0. The molecule has 3 aromatic carbocycles. The Labute approximate surface area is 272 Å². The van der Waals surface area contributed by atoms with E-state index in [0.717, 1.165) is 67.5 Å². The number of methoxy groups -OCH3 is 1. The molecule has 0 bridgehead atoms. The van der Waals surface area contributed by atoms with Crippen LogP contribution in [0.25, 0.3) is 0 Å². The van der Waals surface area contributed by atoms with Gasteiger partial charge in [-0.2, -0.15) is 0 Å². The molecule has 0 saturated heterocycles. The molecule has 0 heterocycles. The molecule has 0 aliphatic heterocycles. The molecule has 5 heteroatoms. The molecule has 3 aromatic rings. The first-order valence-electron chi connectivity index (χ1n) is 17.3. The number of unbranched alkanes of at least 4 members (excludes halogenated alkanes) is 2. The summed E-state index contributed by atoms with van der Waals surface area (Å²) in [5, 5.41) is 1.86. The van der Waals surface area contributed by atoms with E-state index in [1.165, 1.54) is 24.0 Å². The zero-order chi connectivity index (χ0) is 32.0. The third-order valence-electron chi connectivity index (χ3n) is 11.2. The number of ether oxygens (including phenoxy) is 2. The fourth-order valence-corrected chi connectivity index (χ4v) is 12.8. The van der Waals surface area contributed by atoms with Crippen LogP contribution >= 0.6 is 0 Å². The highest BCUT2D eigenvalue weighted by atomic mass is 28.4. The molecule has 1 N–H and O–H groups in total. The summed E-state index contributed by atoms with van der Waals surface area (Å²) in [4.78, 5) is 25.1. The lowest BCUT2D eigenvalue weighted by Gasteiger charge is -2.44. The molecule has 1 fully saturated rings. The van der Waals surface area contributed by atoms with Crippen LogP contribution in [0, 0.1) is 23.7 Å². The number of esters is 1. The predicted octanol–water partition coefficient (Wildman–Crippen LogP) is 7.88. The molecule has 0 radical (unpaired) electrons. The van der Waals surface area contributed by atoms with Gasteiger partial charge in [-0.15, -0.1) is 0 Å². The largest absolute Gasteiger partial charge is 0.496 e. The lowest BCUT2D eigenvalue weighted by molar-refractivity contribution is -0.147. The molecule has 242 valence electrons. The fourth-order valence-electron chi connectivity index (χ4n) is 9.02. The summed E-state index contributed by atoms with van der Waals surface area (Å²) in [6.07, 6.45) is 10.6. The van der Waals surface area contributed by atoms with Gasteiger partial charge in [0.15, 0.2) is 0 Å². The second-order valence-corrected chi connectivity index (χ2v) is 18.4. The number of hydrogen-bond acceptors (Lipinski definition) is 4. The van der Waals surface area contributed by atoms with Gasteiger partial charge in [0.05, 0.1) is 7.11 Å². The van der Waals surface area contributed by atoms with Gasteiger partial charge in [0.25, 0.3) is 8.32 Å². The Morgan fingerprint density at radius 2 is 1.60 bits per heavy atom. The second-order valence-electron chi connectivity index (χ2n) is 14.4. The highest BCUT2D eigenvalue weighted by Gasteiger charge is 2.54. The number of hydrogen-bond donors (Lipinski definition) is 1. The van der Waals surface area contributed by atoms with Crippen molar-refractivity contribution in [3.8, 4) is 5.75 Å². The van der Waals surface area contributed by atoms with Crippen LogP contribution in [0.4, 0.5) is 0 Å². The van der Waals surface area contributed by atoms with Gasteiger partial charge >= 0.3 is 5.97 Å². The third kappa shape index (κ3) is 7.25. The summed E-state index contributed by atoms with van der Waals surface area (Å²) in [5.74, 6) is 3.03. The Kier molecular flexibility index (Phi) is 10.9. The van der Waals surface area contributed by atoms with E-state index in [-0.39, 0.29) is 17.1 Å². The van der Waals surface area contributed by atoms with Crippen molar-refractivity contribution >= 4 is 24.7 Å². The van der Waals surface area contributed by atoms with Gasteiger partial charge in [0.2, 0.25) is 0 Å². The van der Waals surface area contributed by atoms with Crippen LogP contribution in [0.1, 0.15) is 90.2 Å². The molecule has 0 spiro atoms. The molecule has 45 heavy (non-hydrogen) atoms. The van der Waals surface area contributed by atoms with Crippen molar-refractivity contribution in [3.05, 3.63) is 90.0 Å². The zero-order valence-corrected chi connectivity index (χ0v) is 29.1. The van der Waals surface area contributed by atoms with Crippen LogP contribution < -0.4 is 15.1 Å². The summed E-state index contributed by atoms with van der Waals surface area (Å²) in [6, 6.07) is 27.4. The minimum absolute atomic E-state index is 0.0160. The van der Waals surface area contributed by atoms with Gasteiger partial charge in [-0.1, -0.05) is 106 Å². The van der Waals surface area contributed by atoms with E-state index >= 15 is 0 Å². The first-order chi connectivity index (χ1) is 21.7. The maximum atomic E-state index is 13.0. The van der Waals surface area contributed by atoms with Crippen molar-refractivity contribution < 1.29 is 19.1 Å². The van der Waals surface area contributed by atoms with Gasteiger partial charge in [-0.3, -0.25) is 4.79 Å². The van der Waals surface area contributed by atoms with Crippen molar-refractivity contribution in [2.45, 2.75) is 103 Å². The quantitative estimate of drug-likeness (QED) is 0.112. The third-order valence-corrected chi connectivity index (χ3v) is 15.7. The van der Waals surface area contributed by atoms with Crippen LogP contribution in [-0.4, -0.2) is 32.3 Å². The van der Waals surface area contributed by atoms with Crippen molar-refractivity contribution in [1.82, 2.24) is 0 Å². The Morgan fingerprint density at radius 1 is 0.933 bits per heavy atom. The SMILES string of the molecule is CCCCC[C@@H](CC[C@H]1[C@H](CC(C)(C)[Si](O)(c2ccccc2)c2ccccc2)C[C@@H]2Cc3c(cccc3OC)C[C@@H]21)OC(C)=O. The highest BCUT2D eigenvalue weighted by Crippen LogP contribution is 2.56. The predicted molar refractivity (Wildman–Crippen MR) is 187 cm³/mol. The number of rotatable bonds is 14. The van der Waals surface area contributed by atoms with E-state index in [1.807, 2.05) is 12.1 Å². The first-order valence-corrected chi connectivity index (χ1v) is 19.3. The molecule has 4 nitrogen and oxygen atoms in total. The average Bonchev–Trinajstić information content (AvgIpc) is 3.37. The minimum atomic E-state index is -3.13. The Bertz CT molecular complexity index is 1350. The molecule has 0 unspecified atom stereocenters. The van der Waals surface area contributed by atoms with Crippen LogP contribution in [-0.2, 0) is 22.4 Å². The molecule has 5 atom stereocenters. The molecule has 0 amide bonds. The normalized spacial score (nSPS) is 21.9. The summed E-state index contributed by atoms with van der Waals surface area (Å²) in [7, 11) is -1.34. The van der Waals surface area contributed by atoms with Gasteiger partial charge in [-0.25, -0.2) is 0 Å². The molecule has 5 rings (SSSR count). The smallest absolute Gasteiger partial charge is 0.302 e. The number of carbonyl (C=O) groups is 1. The summed E-state index contributed by atoms with van der Waals surface area (Å²) in [5.41, 5.74) is 2.82. The van der Waals surface area contributed by atoms with Crippen LogP contribution in [0.3, 0.4) is 0 Å². The summed E-state index contributed by atoms with van der Waals surface area (Å²) < 4.78 is 11.7. The topological polar surface area (TPSA) is 55.8 Å². The lowest BCUT2D eigenvalue weighted by Crippen LogP contribution is -2.65. The Hall–Kier alpha value is -2.89. The minimum Gasteiger partial charge on any atom is -0.496 e. The maximum Gasteiger partial charge on any atom is 0.302 e. The lowest BCUT2D eigenvalue weighted by atomic mass is 9.72. The number of carbonyl (C=O) groups excluding carboxylic acids is 1. The Balaban J connectivity index is 1.47. The van der Waals surface area contributed by atoms with E-state index in [2.05, 4.69) is 87.5 Å². The van der Waals surface area contributed by atoms with E-state index in [1.54, 1.807) is 14.0 Å². The second kappa shape index (κ2) is 14.7. The first kappa shape index (κ1) is 33.5. The molecule has 1 saturated carbocycles. The van der Waals surface area contributed by atoms with Crippen LogP contribution in [0.5, 0.6) is 5.75 Å². The van der Waals surface area contributed by atoms with Crippen LogP contribution in [0.15, 0.2) is 78.9 Å². The van der Waals surface area contributed by atoms with Gasteiger partial charge in [0.1, 0.15) is 11.9 Å². The van der Waals surface area contributed by atoms with E-state index in [0.29, 0.717) is 23.7 Å². The highest BCUT2D eigenvalue weighted by molar-refractivity contribution is 6.98. The van der Waals surface area contributed by atoms with Gasteiger partial charge in [-0.05, 0) is 108 Å². The van der Waals surface area contributed by atoms with Crippen molar-refractivity contribution in [2.75, 3.05) is 7.11 Å². The van der Waals surface area contributed by atoms with E-state index in [4.69, 9.17) is 9.47 Å². The van der Waals surface area contributed by atoms with Crippen molar-refractivity contribution in [3.63, 3.8) is 0 Å². The molecule has 0 aromatic heterocycles. The Morgan fingerprint density at radius 3 is 2.20 bits per heavy atom. The number of benzene rings is 3. The fraction of sp³-hybridized carbons (Fsp3) is 0.525. The standard InChI is InChI=1S/C40H54O4Si/c1-6-7-10-17-33(44-29(2)41)23-24-36-32(25-31-27-38-30(26-37(31)36)16-15-22-39(38)43-5)28-40(3,4)45(42,34-18-11-8-12-19-34)35-20-13-9-14-21-35/h8-9,11-16,18-22,31-33,36-37,42H,6-7,10,17,23-28H2,1-5H3/t31-,32+,33+,36+,37+/m1/s1. The summed E-state index contributed by atoms with van der Waals surface area (Å²) in [6.45, 7) is 8.41. The van der Waals surface area contributed by atoms with Crippen molar-refractivity contribution in [2.24, 2.45) is 23.7 Å². The molecular formula is C40H54O4Si.